The largest absolute Gasteiger partial charge is 0.465 e. The molecule has 0 aromatic carbocycles. The number of carbonyl (C=O) groups is 2. The van der Waals surface area contributed by atoms with Crippen molar-refractivity contribution in [3.05, 3.63) is 0 Å². The van der Waals surface area contributed by atoms with Crippen LogP contribution in [0, 0.1) is 29.6 Å². The summed E-state index contributed by atoms with van der Waals surface area (Å²) in [4.78, 5) is 24.4. The topological polar surface area (TPSA) is 52.6 Å². The monoisotopic (exact) mass is 278 g/mol. The predicted octanol–water partition coefficient (Wildman–Crippen LogP) is 2.32. The Kier molecular flexibility index (Phi) is 8.96. The second-order valence-corrected chi connectivity index (χ2v) is 4.11. The summed E-state index contributed by atoms with van der Waals surface area (Å²) < 4.78 is 10.1. The van der Waals surface area contributed by atoms with Gasteiger partial charge in [-0.2, -0.15) is 0 Å². The van der Waals surface area contributed by atoms with E-state index in [2.05, 4.69) is 17.8 Å². The lowest BCUT2D eigenvalue weighted by Gasteiger charge is -2.26. The first kappa shape index (κ1) is 18.1. The Morgan fingerprint density at radius 1 is 1.05 bits per heavy atom. The summed E-state index contributed by atoms with van der Waals surface area (Å²) in [5.41, 5.74) is -1.42. The van der Waals surface area contributed by atoms with Crippen molar-refractivity contribution in [2.24, 2.45) is 5.41 Å². The van der Waals surface area contributed by atoms with Gasteiger partial charge in [-0.25, -0.2) is 0 Å². The molecular weight excluding hydrogens is 256 g/mol. The van der Waals surface area contributed by atoms with Crippen LogP contribution in [0.25, 0.3) is 0 Å². The van der Waals surface area contributed by atoms with Crippen molar-refractivity contribution in [1.82, 2.24) is 0 Å². The number of esters is 2. The van der Waals surface area contributed by atoms with Gasteiger partial charge in [-0.15, -0.1) is 24.2 Å². The van der Waals surface area contributed by atoms with E-state index in [1.165, 1.54) is 0 Å². The predicted molar refractivity (Wildman–Crippen MR) is 76.5 cm³/mol. The quantitative estimate of drug-likeness (QED) is 0.407. The molecule has 0 aromatic rings. The van der Waals surface area contributed by atoms with Gasteiger partial charge in [0.2, 0.25) is 0 Å². The fourth-order valence-electron chi connectivity index (χ4n) is 1.68. The van der Waals surface area contributed by atoms with Gasteiger partial charge in [0, 0.05) is 19.3 Å². The van der Waals surface area contributed by atoms with Crippen LogP contribution in [0.1, 0.15) is 46.5 Å². The Hall–Kier alpha value is -1.94. The maximum atomic E-state index is 12.2. The van der Waals surface area contributed by atoms with Crippen LogP contribution in [0.5, 0.6) is 0 Å². The molecule has 0 unspecified atom stereocenters. The molecule has 0 aliphatic heterocycles. The standard InChI is InChI=1S/C16H22O4/c1-5-9-11-13-16(12-10-6-2,14(17)19-7-3)15(18)20-8-4/h2H,5,7-8,10,12-13H2,1,3-4H3. The van der Waals surface area contributed by atoms with E-state index < -0.39 is 17.4 Å². The molecule has 0 heterocycles. The van der Waals surface area contributed by atoms with E-state index in [9.17, 15) is 9.59 Å². The van der Waals surface area contributed by atoms with Crippen molar-refractivity contribution < 1.29 is 19.1 Å². The van der Waals surface area contributed by atoms with Crippen LogP contribution in [0.2, 0.25) is 0 Å². The molecule has 0 spiro atoms. The molecule has 0 fully saturated rings. The van der Waals surface area contributed by atoms with Gasteiger partial charge in [0.1, 0.15) is 0 Å². The molecule has 110 valence electrons. The molecule has 0 N–H and O–H groups in total. The van der Waals surface area contributed by atoms with Gasteiger partial charge in [-0.3, -0.25) is 9.59 Å². The Balaban J connectivity index is 5.43. The smallest absolute Gasteiger partial charge is 0.324 e. The summed E-state index contributed by atoms with van der Waals surface area (Å²) in [5, 5.41) is 0. The van der Waals surface area contributed by atoms with E-state index in [1.807, 2.05) is 6.92 Å². The van der Waals surface area contributed by atoms with Crippen LogP contribution in [-0.2, 0) is 19.1 Å². The molecule has 0 aliphatic rings. The van der Waals surface area contributed by atoms with Crippen LogP contribution in [0.15, 0.2) is 0 Å². The number of terminal acetylenes is 1. The number of hydrogen-bond acceptors (Lipinski definition) is 4. The van der Waals surface area contributed by atoms with E-state index >= 15 is 0 Å². The highest BCUT2D eigenvalue weighted by molar-refractivity contribution is 6.00. The lowest BCUT2D eigenvalue weighted by Crippen LogP contribution is -2.42. The summed E-state index contributed by atoms with van der Waals surface area (Å²) in [7, 11) is 0. The van der Waals surface area contributed by atoms with Gasteiger partial charge < -0.3 is 9.47 Å². The number of ether oxygens (including phenoxy) is 2. The molecule has 0 rings (SSSR count). The zero-order chi connectivity index (χ0) is 15.4. The summed E-state index contributed by atoms with van der Waals surface area (Å²) in [5.74, 6) is 6.92. The van der Waals surface area contributed by atoms with Crippen molar-refractivity contribution in [2.45, 2.75) is 46.5 Å². The van der Waals surface area contributed by atoms with Crippen molar-refractivity contribution in [1.29, 1.82) is 0 Å². The van der Waals surface area contributed by atoms with Crippen molar-refractivity contribution in [3.63, 3.8) is 0 Å². The average molecular weight is 278 g/mol. The van der Waals surface area contributed by atoms with E-state index in [0.29, 0.717) is 6.42 Å². The summed E-state index contributed by atoms with van der Waals surface area (Å²) >= 11 is 0. The first-order valence-corrected chi connectivity index (χ1v) is 6.82. The van der Waals surface area contributed by atoms with E-state index in [0.717, 1.165) is 0 Å². The Labute approximate surface area is 121 Å². The van der Waals surface area contributed by atoms with Gasteiger partial charge in [0.25, 0.3) is 0 Å². The van der Waals surface area contributed by atoms with Gasteiger partial charge in [-0.1, -0.05) is 6.92 Å². The molecule has 0 radical (unpaired) electrons. The SMILES string of the molecule is C#CCCC(CC#CCC)(C(=O)OCC)C(=O)OCC. The summed E-state index contributed by atoms with van der Waals surface area (Å²) in [6.45, 7) is 5.65. The highest BCUT2D eigenvalue weighted by atomic mass is 16.6. The van der Waals surface area contributed by atoms with Crippen LogP contribution in [0.4, 0.5) is 0 Å². The first-order valence-electron chi connectivity index (χ1n) is 6.82. The molecule has 0 aromatic heterocycles. The van der Waals surface area contributed by atoms with Crippen LogP contribution in [0.3, 0.4) is 0 Å². The fourth-order valence-corrected chi connectivity index (χ4v) is 1.68. The van der Waals surface area contributed by atoms with Crippen LogP contribution >= 0.6 is 0 Å². The number of rotatable bonds is 7. The molecule has 0 saturated carbocycles. The fraction of sp³-hybridized carbons (Fsp3) is 0.625. The molecule has 4 heteroatoms. The van der Waals surface area contributed by atoms with E-state index in [1.54, 1.807) is 13.8 Å². The third kappa shape index (κ3) is 4.97. The van der Waals surface area contributed by atoms with E-state index in [4.69, 9.17) is 15.9 Å². The summed E-state index contributed by atoms with van der Waals surface area (Å²) in [6, 6.07) is 0. The maximum absolute atomic E-state index is 12.2. The number of hydrogen-bond donors (Lipinski definition) is 0. The van der Waals surface area contributed by atoms with Crippen LogP contribution in [-0.4, -0.2) is 25.2 Å². The summed E-state index contributed by atoms with van der Waals surface area (Å²) in [6.07, 6.45) is 6.43. The third-order valence-electron chi connectivity index (χ3n) is 2.72. The van der Waals surface area contributed by atoms with E-state index in [-0.39, 0.29) is 32.5 Å². The van der Waals surface area contributed by atoms with Crippen LogP contribution < -0.4 is 0 Å². The van der Waals surface area contributed by atoms with Crippen molar-refractivity contribution in [2.75, 3.05) is 13.2 Å². The number of carbonyl (C=O) groups excluding carboxylic acids is 2. The normalized spacial score (nSPS) is 9.90. The Morgan fingerprint density at radius 3 is 2.00 bits per heavy atom. The molecule has 0 bridgehead atoms. The lowest BCUT2D eigenvalue weighted by atomic mass is 9.80. The Morgan fingerprint density at radius 2 is 1.60 bits per heavy atom. The minimum absolute atomic E-state index is 0.0696. The molecular formula is C16H22O4. The van der Waals surface area contributed by atoms with Crippen molar-refractivity contribution in [3.8, 4) is 24.2 Å². The van der Waals surface area contributed by atoms with Gasteiger partial charge in [0.05, 0.1) is 13.2 Å². The third-order valence-corrected chi connectivity index (χ3v) is 2.72. The lowest BCUT2D eigenvalue weighted by molar-refractivity contribution is -0.172. The zero-order valence-corrected chi connectivity index (χ0v) is 12.5. The average Bonchev–Trinajstić information content (AvgIpc) is 2.43. The molecule has 0 saturated heterocycles. The molecule has 0 aliphatic carbocycles. The Bertz CT molecular complexity index is 402. The van der Waals surface area contributed by atoms with Crippen molar-refractivity contribution >= 4 is 11.9 Å². The molecule has 0 atom stereocenters. The van der Waals surface area contributed by atoms with Gasteiger partial charge in [0.15, 0.2) is 5.41 Å². The zero-order valence-electron chi connectivity index (χ0n) is 12.5. The maximum Gasteiger partial charge on any atom is 0.324 e. The molecule has 20 heavy (non-hydrogen) atoms. The second-order valence-electron chi connectivity index (χ2n) is 4.11. The highest BCUT2D eigenvalue weighted by Gasteiger charge is 2.47. The minimum Gasteiger partial charge on any atom is -0.465 e. The van der Waals surface area contributed by atoms with Gasteiger partial charge >= 0.3 is 11.9 Å². The van der Waals surface area contributed by atoms with Gasteiger partial charge in [-0.05, 0) is 20.3 Å². The molecule has 4 nitrogen and oxygen atoms in total. The minimum atomic E-state index is -1.42. The molecule has 0 amide bonds. The highest BCUT2D eigenvalue weighted by Crippen LogP contribution is 2.31. The second kappa shape index (κ2) is 9.92. The first-order chi connectivity index (χ1) is 9.58.